The molecule has 0 aliphatic carbocycles. The van der Waals surface area contributed by atoms with Crippen molar-refractivity contribution in [2.24, 2.45) is 0 Å². The van der Waals surface area contributed by atoms with Crippen molar-refractivity contribution in [3.8, 4) is 5.69 Å². The lowest BCUT2D eigenvalue weighted by Crippen LogP contribution is -2.13. The van der Waals surface area contributed by atoms with Crippen LogP contribution in [0.2, 0.25) is 0 Å². The summed E-state index contributed by atoms with van der Waals surface area (Å²) >= 11 is 0. The molecule has 3 aromatic rings. The molecule has 1 N–H and O–H groups in total. The van der Waals surface area contributed by atoms with Gasteiger partial charge in [-0.25, -0.2) is 4.68 Å². The molecule has 26 heavy (non-hydrogen) atoms. The lowest BCUT2D eigenvalue weighted by Gasteiger charge is -2.11. The third-order valence-electron chi connectivity index (χ3n) is 3.30. The molecule has 11 heteroatoms. The second kappa shape index (κ2) is 6.35. The molecule has 0 atom stereocenters. The highest BCUT2D eigenvalue weighted by molar-refractivity contribution is 6.02. The summed E-state index contributed by atoms with van der Waals surface area (Å²) in [5, 5.41) is 16.6. The maximum atomic E-state index is 12.9. The summed E-state index contributed by atoms with van der Waals surface area (Å²) in [6, 6.07) is 8.43. The Balaban J connectivity index is 1.77. The van der Waals surface area contributed by atoms with Gasteiger partial charge in [0.15, 0.2) is 5.76 Å². The zero-order chi connectivity index (χ0) is 18.9. The van der Waals surface area contributed by atoms with Crippen LogP contribution in [-0.2, 0) is 6.18 Å². The van der Waals surface area contributed by atoms with Crippen LogP contribution in [0.5, 0.6) is 0 Å². The van der Waals surface area contributed by atoms with E-state index in [0.29, 0.717) is 0 Å². The van der Waals surface area contributed by atoms with E-state index in [1.165, 1.54) is 24.3 Å². The zero-order valence-electron chi connectivity index (χ0n) is 12.7. The number of alkyl halides is 3. The molecule has 1 aromatic carbocycles. The molecular weight excluding hydrogens is 357 g/mol. The Labute approximate surface area is 143 Å². The quantitative estimate of drug-likeness (QED) is 0.561. The van der Waals surface area contributed by atoms with Crippen molar-refractivity contribution in [1.29, 1.82) is 0 Å². The van der Waals surface area contributed by atoms with Gasteiger partial charge < -0.3 is 9.73 Å². The normalized spacial score (nSPS) is 11.3. The summed E-state index contributed by atoms with van der Waals surface area (Å²) in [6.45, 7) is 0. The summed E-state index contributed by atoms with van der Waals surface area (Å²) in [6.07, 6.45) is -3.53. The predicted octanol–water partition coefficient (Wildman–Crippen LogP) is 3.64. The number of benzene rings is 1. The molecule has 2 heterocycles. The van der Waals surface area contributed by atoms with Crippen LogP contribution in [0.1, 0.15) is 16.2 Å². The second-order valence-corrected chi connectivity index (χ2v) is 5.02. The van der Waals surface area contributed by atoms with Crippen LogP contribution in [0, 0.1) is 10.1 Å². The number of nitrogens with zero attached hydrogens (tertiary/aromatic N) is 3. The average Bonchev–Trinajstić information content (AvgIpc) is 3.25. The van der Waals surface area contributed by atoms with Crippen LogP contribution in [0.4, 0.5) is 24.7 Å². The van der Waals surface area contributed by atoms with Crippen LogP contribution in [0.25, 0.3) is 5.69 Å². The summed E-state index contributed by atoms with van der Waals surface area (Å²) < 4.78 is 44.2. The van der Waals surface area contributed by atoms with Gasteiger partial charge in [-0.05, 0) is 36.4 Å². The fourth-order valence-corrected chi connectivity index (χ4v) is 2.15. The number of rotatable bonds is 4. The van der Waals surface area contributed by atoms with E-state index in [1.54, 1.807) is 0 Å². The van der Waals surface area contributed by atoms with Gasteiger partial charge in [-0.2, -0.15) is 18.3 Å². The first-order chi connectivity index (χ1) is 12.3. The molecule has 0 aliphatic heterocycles. The minimum Gasteiger partial charge on any atom is -0.395 e. The lowest BCUT2D eigenvalue weighted by molar-refractivity contribution is -0.402. The van der Waals surface area contributed by atoms with Crippen LogP contribution >= 0.6 is 0 Å². The SMILES string of the molecule is O=C(Nc1ccc(-n2nccc2C(F)(F)F)cc1)c1ccc([N+](=O)[O-])o1. The van der Waals surface area contributed by atoms with Gasteiger partial charge in [0.2, 0.25) is 0 Å². The number of nitro groups is 1. The van der Waals surface area contributed by atoms with Gasteiger partial charge in [0, 0.05) is 5.69 Å². The number of furan rings is 1. The molecule has 0 bridgehead atoms. The van der Waals surface area contributed by atoms with Crippen molar-refractivity contribution < 1.29 is 27.3 Å². The molecule has 8 nitrogen and oxygen atoms in total. The van der Waals surface area contributed by atoms with Crippen molar-refractivity contribution in [2.75, 3.05) is 5.32 Å². The predicted molar refractivity (Wildman–Crippen MR) is 81.9 cm³/mol. The van der Waals surface area contributed by atoms with E-state index in [4.69, 9.17) is 4.42 Å². The molecule has 0 aliphatic rings. The van der Waals surface area contributed by atoms with Gasteiger partial charge in [-0.15, -0.1) is 0 Å². The number of carbonyl (C=O) groups excluding carboxylic acids is 1. The topological polar surface area (TPSA) is 103 Å². The average molecular weight is 366 g/mol. The number of nitrogens with one attached hydrogen (secondary N) is 1. The monoisotopic (exact) mass is 366 g/mol. The van der Waals surface area contributed by atoms with E-state index < -0.39 is 28.6 Å². The number of amides is 1. The van der Waals surface area contributed by atoms with Crippen molar-refractivity contribution in [3.63, 3.8) is 0 Å². The number of anilines is 1. The smallest absolute Gasteiger partial charge is 0.395 e. The number of halogens is 3. The van der Waals surface area contributed by atoms with Crippen LogP contribution in [0.15, 0.2) is 53.1 Å². The van der Waals surface area contributed by atoms with Gasteiger partial charge in [-0.3, -0.25) is 14.9 Å². The van der Waals surface area contributed by atoms with Crippen molar-refractivity contribution in [1.82, 2.24) is 9.78 Å². The number of hydrogen-bond donors (Lipinski definition) is 1. The Morgan fingerprint density at radius 1 is 1.15 bits per heavy atom. The van der Waals surface area contributed by atoms with Gasteiger partial charge in [0.1, 0.15) is 10.6 Å². The molecule has 0 fully saturated rings. The summed E-state index contributed by atoms with van der Waals surface area (Å²) in [5.41, 5.74) is -0.523. The fraction of sp³-hybridized carbons (Fsp3) is 0.0667. The largest absolute Gasteiger partial charge is 0.433 e. The van der Waals surface area contributed by atoms with Gasteiger partial charge in [0.25, 0.3) is 5.91 Å². The highest BCUT2D eigenvalue weighted by Crippen LogP contribution is 2.30. The lowest BCUT2D eigenvalue weighted by atomic mass is 10.2. The maximum absolute atomic E-state index is 12.9. The number of carbonyl (C=O) groups is 1. The van der Waals surface area contributed by atoms with Crippen LogP contribution < -0.4 is 5.32 Å². The van der Waals surface area contributed by atoms with Crippen molar-refractivity contribution >= 4 is 17.5 Å². The maximum Gasteiger partial charge on any atom is 0.433 e. The third kappa shape index (κ3) is 3.41. The van der Waals surface area contributed by atoms with E-state index in [-0.39, 0.29) is 17.1 Å². The third-order valence-corrected chi connectivity index (χ3v) is 3.30. The van der Waals surface area contributed by atoms with Gasteiger partial charge in [-0.1, -0.05) is 0 Å². The molecule has 0 radical (unpaired) electrons. The Morgan fingerprint density at radius 3 is 2.42 bits per heavy atom. The number of aromatic nitrogens is 2. The Morgan fingerprint density at radius 2 is 1.85 bits per heavy atom. The number of hydrogen-bond acceptors (Lipinski definition) is 5. The van der Waals surface area contributed by atoms with Gasteiger partial charge in [0.05, 0.1) is 18.0 Å². The van der Waals surface area contributed by atoms with Crippen molar-refractivity contribution in [2.45, 2.75) is 6.18 Å². The molecular formula is C15H9F3N4O4. The minimum absolute atomic E-state index is 0.147. The molecule has 0 saturated heterocycles. The standard InChI is InChI=1S/C15H9F3N4O4/c16-15(17,18)12-7-8-19-21(12)10-3-1-9(2-4-10)20-14(23)11-5-6-13(26-11)22(24)25/h1-8H,(H,20,23). The summed E-state index contributed by atoms with van der Waals surface area (Å²) in [4.78, 5) is 21.7. The second-order valence-electron chi connectivity index (χ2n) is 5.02. The summed E-state index contributed by atoms with van der Waals surface area (Å²) in [7, 11) is 0. The van der Waals surface area contributed by atoms with Crippen molar-refractivity contribution in [3.05, 3.63) is 70.2 Å². The summed E-state index contributed by atoms with van der Waals surface area (Å²) in [5.74, 6) is -1.59. The van der Waals surface area contributed by atoms with Crippen LogP contribution in [0.3, 0.4) is 0 Å². The fourth-order valence-electron chi connectivity index (χ4n) is 2.15. The zero-order valence-corrected chi connectivity index (χ0v) is 12.7. The van der Waals surface area contributed by atoms with E-state index in [0.717, 1.165) is 29.1 Å². The Kier molecular flexibility index (Phi) is 4.20. The first-order valence-corrected chi connectivity index (χ1v) is 7.03. The first-order valence-electron chi connectivity index (χ1n) is 7.03. The Bertz CT molecular complexity index is 960. The molecule has 2 aromatic heterocycles. The highest BCUT2D eigenvalue weighted by Gasteiger charge is 2.35. The molecule has 134 valence electrons. The van der Waals surface area contributed by atoms with E-state index in [9.17, 15) is 28.1 Å². The first kappa shape index (κ1) is 17.2. The molecule has 3 rings (SSSR count). The van der Waals surface area contributed by atoms with E-state index >= 15 is 0 Å². The van der Waals surface area contributed by atoms with Gasteiger partial charge >= 0.3 is 12.1 Å². The van der Waals surface area contributed by atoms with Crippen LogP contribution in [-0.4, -0.2) is 20.6 Å². The molecule has 1 amide bonds. The highest BCUT2D eigenvalue weighted by atomic mass is 19.4. The van der Waals surface area contributed by atoms with E-state index in [2.05, 4.69) is 10.4 Å². The molecule has 0 spiro atoms. The Hall–Kier alpha value is -3.63. The molecule has 0 saturated carbocycles. The molecule has 0 unspecified atom stereocenters. The van der Waals surface area contributed by atoms with E-state index in [1.807, 2.05) is 0 Å². The minimum atomic E-state index is -4.56.